The van der Waals surface area contributed by atoms with Crippen molar-refractivity contribution in [3.05, 3.63) is 47.8 Å². The van der Waals surface area contributed by atoms with E-state index in [-0.39, 0.29) is 5.78 Å². The Morgan fingerprint density at radius 1 is 1.39 bits per heavy atom. The average molecular weight is 316 g/mol. The summed E-state index contributed by atoms with van der Waals surface area (Å²) in [6.07, 6.45) is 4.91. The molecular weight excluding hydrogens is 296 g/mol. The molecular formula is C16H20N4O3. The number of ether oxygens (including phenoxy) is 1. The highest BCUT2D eigenvalue weighted by Crippen LogP contribution is 2.22. The number of carbonyl (C=O) groups excluding carboxylic acids is 1. The molecule has 0 saturated carbocycles. The fourth-order valence-corrected chi connectivity index (χ4v) is 2.16. The Hall–Kier alpha value is -2.54. The number of aryl methyl sites for hydroxylation is 1. The molecule has 0 bridgehead atoms. The van der Waals surface area contributed by atoms with Crippen molar-refractivity contribution in [1.29, 1.82) is 0 Å². The Labute approximate surface area is 134 Å². The molecule has 0 atom stereocenters. The van der Waals surface area contributed by atoms with Crippen molar-refractivity contribution in [2.75, 3.05) is 13.2 Å². The SMILES string of the molecule is C=CCc1cc(C(=O)CO)ccc1OCCCCc1nnn[nH]1. The van der Waals surface area contributed by atoms with Crippen LogP contribution in [0.1, 0.15) is 34.6 Å². The number of nitrogens with zero attached hydrogens (tertiary/aromatic N) is 3. The summed E-state index contributed by atoms with van der Waals surface area (Å²) in [5, 5.41) is 22.5. The number of tetrazole rings is 1. The molecule has 2 aromatic rings. The lowest BCUT2D eigenvalue weighted by Gasteiger charge is -2.11. The van der Waals surface area contributed by atoms with Crippen molar-refractivity contribution in [2.45, 2.75) is 25.7 Å². The third kappa shape index (κ3) is 5.00. The molecule has 1 aromatic heterocycles. The summed E-state index contributed by atoms with van der Waals surface area (Å²) in [5.74, 6) is 1.20. The normalized spacial score (nSPS) is 10.5. The molecule has 0 radical (unpaired) electrons. The maximum Gasteiger partial charge on any atom is 0.188 e. The van der Waals surface area contributed by atoms with Gasteiger partial charge in [0.25, 0.3) is 0 Å². The van der Waals surface area contributed by atoms with E-state index in [0.29, 0.717) is 18.6 Å². The van der Waals surface area contributed by atoms with E-state index >= 15 is 0 Å². The summed E-state index contributed by atoms with van der Waals surface area (Å²) < 4.78 is 5.79. The summed E-state index contributed by atoms with van der Waals surface area (Å²) in [6, 6.07) is 5.18. The standard InChI is InChI=1S/C16H20N4O3/c1-2-5-13-10-12(14(22)11-21)7-8-15(13)23-9-4-3-6-16-17-19-20-18-16/h2,7-8,10,21H,1,3-6,9,11H2,(H,17,18,19,20). The van der Waals surface area contributed by atoms with Crippen LogP contribution in [0.4, 0.5) is 0 Å². The molecule has 7 nitrogen and oxygen atoms in total. The number of Topliss-reactive ketones (excluding diaryl/α,β-unsaturated/α-hetero) is 1. The summed E-state index contributed by atoms with van der Waals surface area (Å²) >= 11 is 0. The number of allylic oxidation sites excluding steroid dienone is 1. The van der Waals surface area contributed by atoms with Crippen LogP contribution in [0.2, 0.25) is 0 Å². The van der Waals surface area contributed by atoms with Gasteiger partial charge in [-0.25, -0.2) is 5.10 Å². The summed E-state index contributed by atoms with van der Waals surface area (Å²) in [4.78, 5) is 11.6. The van der Waals surface area contributed by atoms with Crippen LogP contribution in [-0.4, -0.2) is 44.7 Å². The number of aliphatic hydroxyl groups excluding tert-OH is 1. The first-order valence-electron chi connectivity index (χ1n) is 7.48. The van der Waals surface area contributed by atoms with Gasteiger partial charge in [0, 0.05) is 12.0 Å². The van der Waals surface area contributed by atoms with E-state index in [1.165, 1.54) is 0 Å². The molecule has 0 aliphatic carbocycles. The highest BCUT2D eigenvalue weighted by atomic mass is 16.5. The van der Waals surface area contributed by atoms with E-state index in [4.69, 9.17) is 9.84 Å². The summed E-state index contributed by atoms with van der Waals surface area (Å²) in [5.41, 5.74) is 1.37. The van der Waals surface area contributed by atoms with Crippen LogP contribution in [0.15, 0.2) is 30.9 Å². The van der Waals surface area contributed by atoms with E-state index in [0.717, 1.165) is 36.4 Å². The van der Waals surface area contributed by atoms with Crippen LogP contribution in [0, 0.1) is 0 Å². The predicted molar refractivity (Wildman–Crippen MR) is 84.4 cm³/mol. The average Bonchev–Trinajstić information content (AvgIpc) is 3.08. The zero-order valence-electron chi connectivity index (χ0n) is 12.9. The van der Waals surface area contributed by atoms with Crippen LogP contribution in [0.25, 0.3) is 0 Å². The number of hydrogen-bond donors (Lipinski definition) is 2. The lowest BCUT2D eigenvalue weighted by molar-refractivity contribution is 0.0903. The Morgan fingerprint density at radius 2 is 2.26 bits per heavy atom. The minimum absolute atomic E-state index is 0.303. The number of aromatic amines is 1. The van der Waals surface area contributed by atoms with Crippen molar-refractivity contribution >= 4 is 5.78 Å². The molecule has 0 amide bonds. The quantitative estimate of drug-likeness (QED) is 0.391. The first-order chi connectivity index (χ1) is 11.2. The maximum absolute atomic E-state index is 11.6. The van der Waals surface area contributed by atoms with Crippen molar-refractivity contribution in [1.82, 2.24) is 20.6 Å². The fourth-order valence-electron chi connectivity index (χ4n) is 2.16. The van der Waals surface area contributed by atoms with Gasteiger partial charge in [-0.15, -0.1) is 11.7 Å². The van der Waals surface area contributed by atoms with Gasteiger partial charge in [0.15, 0.2) is 5.78 Å². The topological polar surface area (TPSA) is 101 Å². The third-order valence-corrected chi connectivity index (χ3v) is 3.35. The second-order valence-electron chi connectivity index (χ2n) is 5.05. The Morgan fingerprint density at radius 3 is 2.96 bits per heavy atom. The van der Waals surface area contributed by atoms with Crippen molar-refractivity contribution < 1.29 is 14.6 Å². The maximum atomic E-state index is 11.6. The number of benzene rings is 1. The molecule has 122 valence electrons. The highest BCUT2D eigenvalue weighted by molar-refractivity contribution is 5.97. The third-order valence-electron chi connectivity index (χ3n) is 3.35. The lowest BCUT2D eigenvalue weighted by atomic mass is 10.0. The van der Waals surface area contributed by atoms with Gasteiger partial charge in [0.05, 0.1) is 6.61 Å². The van der Waals surface area contributed by atoms with E-state index in [9.17, 15) is 4.79 Å². The number of carbonyl (C=O) groups is 1. The highest BCUT2D eigenvalue weighted by Gasteiger charge is 2.09. The zero-order valence-corrected chi connectivity index (χ0v) is 12.9. The number of rotatable bonds is 10. The van der Waals surface area contributed by atoms with Crippen LogP contribution in [0.3, 0.4) is 0 Å². The Balaban J connectivity index is 1.87. The van der Waals surface area contributed by atoms with Gasteiger partial charge in [-0.2, -0.15) is 0 Å². The molecule has 0 unspecified atom stereocenters. The number of aliphatic hydroxyl groups is 1. The molecule has 7 heteroatoms. The van der Waals surface area contributed by atoms with Crippen LogP contribution < -0.4 is 4.74 Å². The number of nitrogens with one attached hydrogen (secondary N) is 1. The van der Waals surface area contributed by atoms with E-state index in [1.807, 2.05) is 0 Å². The molecule has 0 spiro atoms. The second-order valence-corrected chi connectivity index (χ2v) is 5.05. The fraction of sp³-hybridized carbons (Fsp3) is 0.375. The van der Waals surface area contributed by atoms with Crippen molar-refractivity contribution in [2.24, 2.45) is 0 Å². The first-order valence-corrected chi connectivity index (χ1v) is 7.48. The molecule has 0 fully saturated rings. The molecule has 23 heavy (non-hydrogen) atoms. The lowest BCUT2D eigenvalue weighted by Crippen LogP contribution is -2.06. The second kappa shape index (κ2) is 8.79. The largest absolute Gasteiger partial charge is 0.493 e. The minimum Gasteiger partial charge on any atom is -0.493 e. The monoisotopic (exact) mass is 316 g/mol. The molecule has 2 rings (SSSR count). The molecule has 1 heterocycles. The van der Waals surface area contributed by atoms with Gasteiger partial charge in [0.1, 0.15) is 18.2 Å². The van der Waals surface area contributed by atoms with Crippen LogP contribution in [-0.2, 0) is 12.8 Å². The van der Waals surface area contributed by atoms with Crippen LogP contribution in [0.5, 0.6) is 5.75 Å². The minimum atomic E-state index is -0.496. The van der Waals surface area contributed by atoms with Gasteiger partial charge in [-0.3, -0.25) is 4.79 Å². The van der Waals surface area contributed by atoms with E-state index < -0.39 is 6.61 Å². The van der Waals surface area contributed by atoms with Gasteiger partial charge >= 0.3 is 0 Å². The number of aromatic nitrogens is 4. The molecule has 0 aliphatic rings. The number of H-pyrrole nitrogens is 1. The van der Waals surface area contributed by atoms with Crippen molar-refractivity contribution in [3.8, 4) is 5.75 Å². The van der Waals surface area contributed by atoms with Crippen molar-refractivity contribution in [3.63, 3.8) is 0 Å². The van der Waals surface area contributed by atoms with Gasteiger partial charge in [-0.1, -0.05) is 6.08 Å². The number of hydrogen-bond acceptors (Lipinski definition) is 6. The first kappa shape index (κ1) is 16.8. The molecule has 2 N–H and O–H groups in total. The molecule has 0 aliphatic heterocycles. The van der Waals surface area contributed by atoms with E-state index in [2.05, 4.69) is 27.2 Å². The smallest absolute Gasteiger partial charge is 0.188 e. The van der Waals surface area contributed by atoms with Crippen LogP contribution >= 0.6 is 0 Å². The number of unbranched alkanes of at least 4 members (excludes halogenated alkanes) is 1. The summed E-state index contributed by atoms with van der Waals surface area (Å²) in [7, 11) is 0. The Bertz CT molecular complexity index is 641. The molecule has 1 aromatic carbocycles. The predicted octanol–water partition coefficient (Wildman–Crippen LogP) is 1.50. The number of ketones is 1. The van der Waals surface area contributed by atoms with E-state index in [1.54, 1.807) is 24.3 Å². The summed E-state index contributed by atoms with van der Waals surface area (Å²) in [6.45, 7) is 3.79. The zero-order chi connectivity index (χ0) is 16.5. The van der Waals surface area contributed by atoms with Gasteiger partial charge in [0.2, 0.25) is 0 Å². The van der Waals surface area contributed by atoms with Gasteiger partial charge < -0.3 is 9.84 Å². The molecule has 0 saturated heterocycles. The Kier molecular flexibility index (Phi) is 6.43. The van der Waals surface area contributed by atoms with Gasteiger partial charge in [-0.05, 0) is 53.5 Å².